The third kappa shape index (κ3) is 3.54. The highest BCUT2D eigenvalue weighted by molar-refractivity contribution is 6.99. The molecule has 0 fully saturated rings. The summed E-state index contributed by atoms with van der Waals surface area (Å²) in [4.78, 5) is 0. The first-order valence-electron chi connectivity index (χ1n) is 18.3. The van der Waals surface area contributed by atoms with E-state index in [2.05, 4.69) is 159 Å². The largest absolute Gasteiger partial charge is 0.310 e. The highest BCUT2D eigenvalue weighted by Gasteiger charge is 2.40. The number of hydrogen-bond acceptors (Lipinski definition) is 0. The van der Waals surface area contributed by atoms with Crippen LogP contribution in [0.4, 0.5) is 0 Å². The molecular formula is C48H36BN. The first-order chi connectivity index (χ1) is 24.6. The first-order valence-corrected chi connectivity index (χ1v) is 18.3. The molecule has 0 amide bonds. The lowest BCUT2D eigenvalue weighted by molar-refractivity contribution is 0.714. The summed E-state index contributed by atoms with van der Waals surface area (Å²) in [5.41, 5.74) is 16.8. The van der Waals surface area contributed by atoms with Crippen molar-refractivity contribution < 1.29 is 0 Å². The van der Waals surface area contributed by atoms with Gasteiger partial charge in [-0.15, -0.1) is 0 Å². The van der Waals surface area contributed by atoms with E-state index in [1.165, 1.54) is 110 Å². The SMILES string of the molecule is CCCC1c2ccccc2-c2cccc(B3c4c(C)cc5c6ccccc6c6cc(C)ccc6c5c4-n4c5ccccc5c5cccc3c54)c21. The predicted molar refractivity (Wildman–Crippen MR) is 216 cm³/mol. The summed E-state index contributed by atoms with van der Waals surface area (Å²) >= 11 is 0. The molecule has 0 saturated carbocycles. The fourth-order valence-corrected chi connectivity index (χ4v) is 10.2. The van der Waals surface area contributed by atoms with Crippen molar-refractivity contribution in [1.82, 2.24) is 4.57 Å². The van der Waals surface area contributed by atoms with Gasteiger partial charge in [0.15, 0.2) is 0 Å². The number of para-hydroxylation sites is 2. The van der Waals surface area contributed by atoms with Crippen molar-refractivity contribution in [2.75, 3.05) is 0 Å². The van der Waals surface area contributed by atoms with Gasteiger partial charge in [-0.25, -0.2) is 0 Å². The van der Waals surface area contributed by atoms with Gasteiger partial charge in [-0.1, -0.05) is 157 Å². The van der Waals surface area contributed by atoms with Crippen LogP contribution < -0.4 is 16.4 Å². The molecule has 0 spiro atoms. The molecule has 1 nitrogen and oxygen atoms in total. The molecule has 0 radical (unpaired) electrons. The zero-order valence-corrected chi connectivity index (χ0v) is 28.7. The molecule has 8 aromatic carbocycles. The minimum absolute atomic E-state index is 0.102. The van der Waals surface area contributed by atoms with Gasteiger partial charge in [-0.2, -0.15) is 0 Å². The number of hydrogen-bond donors (Lipinski definition) is 0. The summed E-state index contributed by atoms with van der Waals surface area (Å²) in [7, 11) is 0. The van der Waals surface area contributed by atoms with E-state index in [0.29, 0.717) is 5.92 Å². The Balaban J connectivity index is 1.37. The second-order valence-electron chi connectivity index (χ2n) is 14.7. The summed E-state index contributed by atoms with van der Waals surface area (Å²) in [6.07, 6.45) is 2.30. The van der Waals surface area contributed by atoms with Crippen LogP contribution in [0.2, 0.25) is 0 Å². The molecule has 2 aliphatic rings. The van der Waals surface area contributed by atoms with Crippen molar-refractivity contribution >= 4 is 77.2 Å². The minimum Gasteiger partial charge on any atom is -0.310 e. The summed E-state index contributed by atoms with van der Waals surface area (Å²) in [5.74, 6) is 0.395. The third-order valence-electron chi connectivity index (χ3n) is 12.1. The van der Waals surface area contributed by atoms with Crippen molar-refractivity contribution in [1.29, 1.82) is 0 Å². The summed E-state index contributed by atoms with van der Waals surface area (Å²) in [6, 6.07) is 51.1. The summed E-state index contributed by atoms with van der Waals surface area (Å²) < 4.78 is 2.65. The average molecular weight is 638 g/mol. The first kappa shape index (κ1) is 28.3. The molecule has 236 valence electrons. The molecule has 50 heavy (non-hydrogen) atoms. The molecule has 0 saturated heterocycles. The molecule has 1 unspecified atom stereocenters. The monoisotopic (exact) mass is 637 g/mol. The van der Waals surface area contributed by atoms with Gasteiger partial charge < -0.3 is 4.57 Å². The van der Waals surface area contributed by atoms with E-state index in [0.717, 1.165) is 12.8 Å². The molecule has 1 aliphatic heterocycles. The second-order valence-corrected chi connectivity index (χ2v) is 14.7. The van der Waals surface area contributed by atoms with Gasteiger partial charge >= 0.3 is 0 Å². The zero-order chi connectivity index (χ0) is 33.2. The Morgan fingerprint density at radius 3 is 2.14 bits per heavy atom. The molecule has 1 atom stereocenters. The molecular weight excluding hydrogens is 601 g/mol. The van der Waals surface area contributed by atoms with E-state index in [4.69, 9.17) is 0 Å². The summed E-state index contributed by atoms with van der Waals surface area (Å²) in [5, 5.41) is 10.7. The maximum Gasteiger partial charge on any atom is 0.247 e. The average Bonchev–Trinajstić information content (AvgIpc) is 3.66. The molecule has 2 heteroatoms. The summed E-state index contributed by atoms with van der Waals surface area (Å²) in [6.45, 7) is 7.04. The minimum atomic E-state index is 0.102. The Morgan fingerprint density at radius 1 is 0.580 bits per heavy atom. The molecule has 0 bridgehead atoms. The molecule has 9 aromatic rings. The van der Waals surface area contributed by atoms with Crippen LogP contribution in [0.5, 0.6) is 0 Å². The fraction of sp³-hybridized carbons (Fsp3) is 0.125. The number of fused-ring (bicyclic) bond motifs is 15. The predicted octanol–water partition coefficient (Wildman–Crippen LogP) is 10.6. The lowest BCUT2D eigenvalue weighted by Crippen LogP contribution is -2.58. The Labute approximate surface area is 292 Å². The van der Waals surface area contributed by atoms with Gasteiger partial charge in [0.05, 0.1) is 11.2 Å². The van der Waals surface area contributed by atoms with Crippen molar-refractivity contribution in [2.45, 2.75) is 39.5 Å². The molecule has 11 rings (SSSR count). The standard InChI is InChI=1S/C48H36BN/c1-4-13-35-30-14-5-6-15-31(30)36-19-11-21-41(44(35)36)49-42-22-12-20-38-34-18-9-10-23-43(34)50(47(38)42)48-45-37-25-24-28(2)26-39(37)32-16-7-8-17-33(32)40(45)27-29(3)46(48)49/h5-12,14-27,35H,4,13H2,1-3H3. The number of benzene rings is 8. The smallest absolute Gasteiger partial charge is 0.247 e. The van der Waals surface area contributed by atoms with Gasteiger partial charge in [-0.05, 0) is 86.4 Å². The maximum absolute atomic E-state index is 2.65. The lowest BCUT2D eigenvalue weighted by atomic mass is 9.33. The Bertz CT molecular complexity index is 2930. The Kier molecular flexibility index (Phi) is 5.78. The van der Waals surface area contributed by atoms with Crippen LogP contribution in [0, 0.1) is 13.8 Å². The van der Waals surface area contributed by atoms with Crippen LogP contribution in [-0.4, -0.2) is 11.3 Å². The molecule has 1 aromatic heterocycles. The molecule has 1 aliphatic carbocycles. The normalized spacial score (nSPS) is 14.6. The van der Waals surface area contributed by atoms with Crippen LogP contribution in [0.1, 0.15) is 47.9 Å². The van der Waals surface area contributed by atoms with E-state index in [1.54, 1.807) is 0 Å². The van der Waals surface area contributed by atoms with Crippen LogP contribution >= 0.6 is 0 Å². The van der Waals surface area contributed by atoms with Gasteiger partial charge in [0.1, 0.15) is 0 Å². The van der Waals surface area contributed by atoms with E-state index in [1.807, 2.05) is 0 Å². The molecule has 0 N–H and O–H groups in total. The quantitative estimate of drug-likeness (QED) is 0.134. The van der Waals surface area contributed by atoms with Crippen molar-refractivity contribution in [3.63, 3.8) is 0 Å². The molecule has 2 heterocycles. The van der Waals surface area contributed by atoms with Crippen molar-refractivity contribution in [3.05, 3.63) is 156 Å². The Morgan fingerprint density at radius 2 is 1.28 bits per heavy atom. The van der Waals surface area contributed by atoms with Crippen LogP contribution in [-0.2, 0) is 0 Å². The van der Waals surface area contributed by atoms with Crippen LogP contribution in [0.15, 0.2) is 133 Å². The second kappa shape index (κ2) is 10.2. The van der Waals surface area contributed by atoms with Gasteiger partial charge in [0.25, 0.3) is 0 Å². The maximum atomic E-state index is 2.65. The van der Waals surface area contributed by atoms with E-state index >= 15 is 0 Å². The van der Waals surface area contributed by atoms with Crippen LogP contribution in [0.3, 0.4) is 0 Å². The zero-order valence-electron chi connectivity index (χ0n) is 28.7. The van der Waals surface area contributed by atoms with Crippen molar-refractivity contribution in [2.24, 2.45) is 0 Å². The number of nitrogens with zero attached hydrogens (tertiary/aromatic N) is 1. The number of aromatic nitrogens is 1. The third-order valence-corrected chi connectivity index (χ3v) is 12.1. The van der Waals surface area contributed by atoms with Crippen molar-refractivity contribution in [3.8, 4) is 16.8 Å². The fourth-order valence-electron chi connectivity index (χ4n) is 10.2. The van der Waals surface area contributed by atoms with Gasteiger partial charge in [0, 0.05) is 27.6 Å². The van der Waals surface area contributed by atoms with E-state index in [-0.39, 0.29) is 6.71 Å². The number of aryl methyl sites for hydroxylation is 2. The highest BCUT2D eigenvalue weighted by Crippen LogP contribution is 2.47. The highest BCUT2D eigenvalue weighted by atomic mass is 15.0. The van der Waals surface area contributed by atoms with E-state index < -0.39 is 0 Å². The van der Waals surface area contributed by atoms with Gasteiger partial charge in [-0.3, -0.25) is 0 Å². The van der Waals surface area contributed by atoms with Gasteiger partial charge in [0.2, 0.25) is 6.71 Å². The van der Waals surface area contributed by atoms with Crippen LogP contribution in [0.25, 0.3) is 70.9 Å². The van der Waals surface area contributed by atoms with E-state index in [9.17, 15) is 0 Å². The number of rotatable bonds is 3. The lowest BCUT2D eigenvalue weighted by Gasteiger charge is -2.32. The Hall–Kier alpha value is -5.60. The topological polar surface area (TPSA) is 4.93 Å².